The zero-order chi connectivity index (χ0) is 15.4. The van der Waals surface area contributed by atoms with Crippen LogP contribution in [-0.4, -0.2) is 33.2 Å². The smallest absolute Gasteiger partial charge is 0.248 e. The Hall–Kier alpha value is -2.14. The van der Waals surface area contributed by atoms with Crippen molar-refractivity contribution in [2.24, 2.45) is 5.73 Å². The van der Waals surface area contributed by atoms with Gasteiger partial charge < -0.3 is 5.73 Å². The van der Waals surface area contributed by atoms with E-state index in [-0.39, 0.29) is 5.91 Å². The third-order valence-electron chi connectivity index (χ3n) is 4.30. The molecule has 1 fully saturated rings. The van der Waals surface area contributed by atoms with Crippen LogP contribution in [0.2, 0.25) is 0 Å². The van der Waals surface area contributed by atoms with Crippen LogP contribution in [0.1, 0.15) is 35.2 Å². The molecule has 2 aromatic rings. The number of benzene rings is 1. The summed E-state index contributed by atoms with van der Waals surface area (Å²) < 4.78 is 2.00. The van der Waals surface area contributed by atoms with Crippen molar-refractivity contribution < 1.29 is 4.79 Å². The molecule has 1 aromatic heterocycles. The number of hydrogen-bond donors (Lipinski definition) is 1. The summed E-state index contributed by atoms with van der Waals surface area (Å²) in [4.78, 5) is 13.8. The summed E-state index contributed by atoms with van der Waals surface area (Å²) in [6.07, 6.45) is 7.52. The molecule has 1 amide bonds. The summed E-state index contributed by atoms with van der Waals surface area (Å²) in [6.45, 7) is 2.86. The summed E-state index contributed by atoms with van der Waals surface area (Å²) in [5.41, 5.74) is 7.09. The first kappa shape index (κ1) is 14.8. The highest BCUT2D eigenvalue weighted by atomic mass is 16.1. The fourth-order valence-electron chi connectivity index (χ4n) is 3.16. The highest BCUT2D eigenvalue weighted by molar-refractivity contribution is 5.92. The summed E-state index contributed by atoms with van der Waals surface area (Å²) in [5.74, 6) is -0.367. The Morgan fingerprint density at radius 2 is 2.23 bits per heavy atom. The Morgan fingerprint density at radius 1 is 1.32 bits per heavy atom. The van der Waals surface area contributed by atoms with Crippen molar-refractivity contribution in [1.29, 1.82) is 0 Å². The monoisotopic (exact) mass is 298 g/mol. The Labute approximate surface area is 130 Å². The molecule has 1 saturated heterocycles. The van der Waals surface area contributed by atoms with Gasteiger partial charge in [0.25, 0.3) is 0 Å². The molecule has 1 aliphatic rings. The van der Waals surface area contributed by atoms with Gasteiger partial charge >= 0.3 is 0 Å². The van der Waals surface area contributed by atoms with E-state index in [0.29, 0.717) is 11.6 Å². The maximum absolute atomic E-state index is 11.3. The lowest BCUT2D eigenvalue weighted by Gasteiger charge is -2.35. The number of aromatic nitrogens is 2. The third-order valence-corrected chi connectivity index (χ3v) is 4.30. The first-order valence-corrected chi connectivity index (χ1v) is 7.82. The van der Waals surface area contributed by atoms with E-state index in [2.05, 4.69) is 16.1 Å². The number of primary amides is 1. The van der Waals surface area contributed by atoms with Crippen LogP contribution >= 0.6 is 0 Å². The van der Waals surface area contributed by atoms with Crippen LogP contribution in [-0.2, 0) is 13.1 Å². The zero-order valence-electron chi connectivity index (χ0n) is 12.7. The van der Waals surface area contributed by atoms with Crippen molar-refractivity contribution in [3.63, 3.8) is 0 Å². The van der Waals surface area contributed by atoms with E-state index in [1.54, 1.807) is 6.07 Å². The number of nitrogens with zero attached hydrogens (tertiary/aromatic N) is 3. The van der Waals surface area contributed by atoms with E-state index in [1.165, 1.54) is 19.3 Å². The Kier molecular flexibility index (Phi) is 4.53. The van der Waals surface area contributed by atoms with Crippen molar-refractivity contribution in [2.45, 2.75) is 38.4 Å². The Bertz CT molecular complexity index is 623. The van der Waals surface area contributed by atoms with E-state index in [1.807, 2.05) is 35.3 Å². The molecule has 5 heteroatoms. The van der Waals surface area contributed by atoms with Crippen LogP contribution in [0.3, 0.4) is 0 Å². The van der Waals surface area contributed by atoms with Gasteiger partial charge in [-0.1, -0.05) is 18.6 Å². The molecule has 2 N–H and O–H groups in total. The molecule has 0 radical (unpaired) electrons. The van der Waals surface area contributed by atoms with E-state index in [0.717, 1.165) is 25.2 Å². The van der Waals surface area contributed by atoms with E-state index < -0.39 is 0 Å². The molecule has 1 aromatic carbocycles. The van der Waals surface area contributed by atoms with Crippen molar-refractivity contribution in [3.05, 3.63) is 53.9 Å². The van der Waals surface area contributed by atoms with Crippen molar-refractivity contribution in [2.75, 3.05) is 6.54 Å². The van der Waals surface area contributed by atoms with Crippen molar-refractivity contribution in [1.82, 2.24) is 14.7 Å². The fraction of sp³-hybridized carbons (Fsp3) is 0.412. The lowest BCUT2D eigenvalue weighted by molar-refractivity contribution is 0.0999. The molecule has 2 heterocycles. The Morgan fingerprint density at radius 3 is 3.00 bits per heavy atom. The van der Waals surface area contributed by atoms with Gasteiger partial charge in [-0.2, -0.15) is 5.10 Å². The van der Waals surface area contributed by atoms with Gasteiger partial charge in [0.05, 0.1) is 6.54 Å². The van der Waals surface area contributed by atoms with Gasteiger partial charge in [0.2, 0.25) is 5.91 Å². The maximum atomic E-state index is 11.3. The summed E-state index contributed by atoms with van der Waals surface area (Å²) >= 11 is 0. The standard InChI is InChI=1S/C17H22N4O/c18-17(22)15-6-3-5-14(11-15)12-20-9-2-1-7-16(20)13-21-10-4-8-19-21/h3-6,8,10-11,16H,1-2,7,9,12-13H2,(H2,18,22)/t16-/m0/s1. The molecule has 0 spiro atoms. The van der Waals surface area contributed by atoms with Gasteiger partial charge in [-0.3, -0.25) is 14.4 Å². The molecule has 0 aliphatic carbocycles. The average Bonchev–Trinajstić information content (AvgIpc) is 3.02. The van der Waals surface area contributed by atoms with E-state index >= 15 is 0 Å². The third kappa shape index (κ3) is 3.54. The first-order valence-electron chi connectivity index (χ1n) is 7.82. The van der Waals surface area contributed by atoms with Crippen molar-refractivity contribution >= 4 is 5.91 Å². The Balaban J connectivity index is 1.71. The van der Waals surface area contributed by atoms with Crippen LogP contribution in [0.25, 0.3) is 0 Å². The SMILES string of the molecule is NC(=O)c1cccc(CN2CCCC[C@H]2Cn2cccn2)c1. The minimum atomic E-state index is -0.367. The second-order valence-electron chi connectivity index (χ2n) is 5.91. The van der Waals surface area contributed by atoms with E-state index in [4.69, 9.17) is 5.73 Å². The number of likely N-dealkylation sites (tertiary alicyclic amines) is 1. The minimum absolute atomic E-state index is 0.367. The average molecular weight is 298 g/mol. The topological polar surface area (TPSA) is 64.2 Å². The molecule has 5 nitrogen and oxygen atoms in total. The minimum Gasteiger partial charge on any atom is -0.366 e. The molecule has 0 saturated carbocycles. The molecule has 3 rings (SSSR count). The van der Waals surface area contributed by atoms with Gasteiger partial charge in [-0.15, -0.1) is 0 Å². The number of carbonyl (C=O) groups excluding carboxylic acids is 1. The molecular formula is C17H22N4O. The lowest BCUT2D eigenvalue weighted by atomic mass is 10.0. The van der Waals surface area contributed by atoms with Crippen LogP contribution in [0.5, 0.6) is 0 Å². The zero-order valence-corrected chi connectivity index (χ0v) is 12.7. The normalized spacial score (nSPS) is 19.2. The molecule has 116 valence electrons. The fourth-order valence-corrected chi connectivity index (χ4v) is 3.16. The van der Waals surface area contributed by atoms with E-state index in [9.17, 15) is 4.79 Å². The second kappa shape index (κ2) is 6.75. The van der Waals surface area contributed by atoms with Gasteiger partial charge in [-0.05, 0) is 43.1 Å². The number of piperidine rings is 1. The van der Waals surface area contributed by atoms with Gasteiger partial charge in [0, 0.05) is 30.5 Å². The molecule has 1 aliphatic heterocycles. The number of rotatable bonds is 5. The van der Waals surface area contributed by atoms with Gasteiger partial charge in [0.1, 0.15) is 0 Å². The first-order chi connectivity index (χ1) is 10.7. The quantitative estimate of drug-likeness (QED) is 0.918. The number of carbonyl (C=O) groups is 1. The van der Waals surface area contributed by atoms with Crippen LogP contribution in [0.15, 0.2) is 42.7 Å². The molecule has 22 heavy (non-hydrogen) atoms. The van der Waals surface area contributed by atoms with Gasteiger partial charge in [-0.25, -0.2) is 0 Å². The highest BCUT2D eigenvalue weighted by Gasteiger charge is 2.23. The summed E-state index contributed by atoms with van der Waals surface area (Å²) in [6, 6.07) is 10.1. The number of hydrogen-bond acceptors (Lipinski definition) is 3. The highest BCUT2D eigenvalue weighted by Crippen LogP contribution is 2.21. The number of amides is 1. The summed E-state index contributed by atoms with van der Waals surface area (Å²) in [7, 11) is 0. The largest absolute Gasteiger partial charge is 0.366 e. The molecule has 0 bridgehead atoms. The molecular weight excluding hydrogens is 276 g/mol. The number of nitrogens with two attached hydrogens (primary N) is 1. The second-order valence-corrected chi connectivity index (χ2v) is 5.91. The molecule has 0 unspecified atom stereocenters. The summed E-state index contributed by atoms with van der Waals surface area (Å²) in [5, 5.41) is 4.32. The molecule has 1 atom stereocenters. The lowest BCUT2D eigenvalue weighted by Crippen LogP contribution is -2.41. The predicted molar refractivity (Wildman–Crippen MR) is 85.2 cm³/mol. The van der Waals surface area contributed by atoms with Crippen LogP contribution in [0.4, 0.5) is 0 Å². The van der Waals surface area contributed by atoms with Crippen molar-refractivity contribution in [3.8, 4) is 0 Å². The van der Waals surface area contributed by atoms with Crippen LogP contribution < -0.4 is 5.73 Å². The predicted octanol–water partition coefficient (Wildman–Crippen LogP) is 2.04. The van der Waals surface area contributed by atoms with Gasteiger partial charge in [0.15, 0.2) is 0 Å². The maximum Gasteiger partial charge on any atom is 0.248 e. The van der Waals surface area contributed by atoms with Crippen LogP contribution in [0, 0.1) is 0 Å².